The minimum absolute atomic E-state index is 0.126. The van der Waals surface area contributed by atoms with Crippen LogP contribution in [0.2, 0.25) is 0 Å². The second-order valence-electron chi connectivity index (χ2n) is 6.34. The lowest BCUT2D eigenvalue weighted by molar-refractivity contribution is 0.0354. The Bertz CT molecular complexity index is 538. The van der Waals surface area contributed by atoms with E-state index in [0.717, 1.165) is 11.1 Å². The van der Waals surface area contributed by atoms with Gasteiger partial charge in [-0.25, -0.2) is 9.59 Å². The molecule has 0 heterocycles. The Morgan fingerprint density at radius 2 is 1.38 bits per heavy atom. The van der Waals surface area contributed by atoms with Crippen LogP contribution in [0.15, 0.2) is 12.1 Å². The van der Waals surface area contributed by atoms with Crippen LogP contribution in [0.25, 0.3) is 0 Å². The van der Waals surface area contributed by atoms with Gasteiger partial charge in [-0.1, -0.05) is 20.8 Å². The lowest BCUT2D eigenvalue weighted by Gasteiger charge is -2.19. The van der Waals surface area contributed by atoms with Crippen molar-refractivity contribution < 1.29 is 19.1 Å². The standard InChI is InChI=1S/C17H24O4/c1-7-20-15(18)13-8-11(2)12(3)9-14(13)16(19)21-10-17(4,5)6/h8-9H,7,10H2,1-6H3. The van der Waals surface area contributed by atoms with Crippen LogP contribution >= 0.6 is 0 Å². The van der Waals surface area contributed by atoms with Gasteiger partial charge in [-0.05, 0) is 49.4 Å². The highest BCUT2D eigenvalue weighted by atomic mass is 16.5. The van der Waals surface area contributed by atoms with Gasteiger partial charge in [0.1, 0.15) is 0 Å². The molecule has 0 spiro atoms. The monoisotopic (exact) mass is 292 g/mol. The molecule has 116 valence electrons. The van der Waals surface area contributed by atoms with Crippen LogP contribution in [0.5, 0.6) is 0 Å². The van der Waals surface area contributed by atoms with Gasteiger partial charge < -0.3 is 9.47 Å². The van der Waals surface area contributed by atoms with E-state index in [4.69, 9.17) is 9.47 Å². The Balaban J connectivity index is 3.11. The lowest BCUT2D eigenvalue weighted by Crippen LogP contribution is -2.20. The molecule has 0 unspecified atom stereocenters. The third-order valence-electron chi connectivity index (χ3n) is 2.99. The topological polar surface area (TPSA) is 52.6 Å². The fourth-order valence-electron chi connectivity index (χ4n) is 1.72. The first-order valence-corrected chi connectivity index (χ1v) is 7.11. The fourth-order valence-corrected chi connectivity index (χ4v) is 1.72. The van der Waals surface area contributed by atoms with E-state index in [1.807, 2.05) is 34.6 Å². The van der Waals surface area contributed by atoms with Crippen molar-refractivity contribution in [2.75, 3.05) is 13.2 Å². The molecule has 0 aliphatic heterocycles. The normalized spacial score (nSPS) is 11.1. The van der Waals surface area contributed by atoms with Crippen LogP contribution in [-0.2, 0) is 9.47 Å². The van der Waals surface area contributed by atoms with E-state index in [9.17, 15) is 9.59 Å². The molecule has 1 aromatic rings. The molecule has 0 saturated carbocycles. The van der Waals surface area contributed by atoms with Crippen molar-refractivity contribution >= 4 is 11.9 Å². The van der Waals surface area contributed by atoms with Crippen molar-refractivity contribution in [3.8, 4) is 0 Å². The summed E-state index contributed by atoms with van der Waals surface area (Å²) < 4.78 is 10.3. The van der Waals surface area contributed by atoms with Crippen LogP contribution in [0.1, 0.15) is 59.5 Å². The molecule has 0 amide bonds. The van der Waals surface area contributed by atoms with E-state index in [0.29, 0.717) is 6.61 Å². The van der Waals surface area contributed by atoms with Gasteiger partial charge in [-0.2, -0.15) is 0 Å². The maximum absolute atomic E-state index is 12.3. The molecule has 4 heteroatoms. The predicted molar refractivity (Wildman–Crippen MR) is 81.6 cm³/mol. The third kappa shape index (κ3) is 4.88. The molecule has 0 fully saturated rings. The molecule has 0 radical (unpaired) electrons. The minimum atomic E-state index is -0.497. The van der Waals surface area contributed by atoms with Gasteiger partial charge in [0.25, 0.3) is 0 Å². The number of rotatable bonds is 4. The average Bonchev–Trinajstić information content (AvgIpc) is 2.38. The Hall–Kier alpha value is -1.84. The summed E-state index contributed by atoms with van der Waals surface area (Å²) in [5.41, 5.74) is 2.27. The summed E-state index contributed by atoms with van der Waals surface area (Å²) in [7, 11) is 0. The summed E-state index contributed by atoms with van der Waals surface area (Å²) in [6, 6.07) is 3.37. The molecule has 21 heavy (non-hydrogen) atoms. The van der Waals surface area contributed by atoms with Gasteiger partial charge >= 0.3 is 11.9 Å². The number of esters is 2. The number of aryl methyl sites for hydroxylation is 2. The van der Waals surface area contributed by atoms with E-state index in [2.05, 4.69) is 0 Å². The number of ether oxygens (including phenoxy) is 2. The zero-order chi connectivity index (χ0) is 16.2. The molecule has 0 N–H and O–H groups in total. The molecule has 0 aromatic heterocycles. The first kappa shape index (κ1) is 17.2. The lowest BCUT2D eigenvalue weighted by atomic mass is 9.98. The van der Waals surface area contributed by atoms with Gasteiger partial charge in [-0.3, -0.25) is 0 Å². The number of hydrogen-bond donors (Lipinski definition) is 0. The Labute approximate surface area is 126 Å². The molecular formula is C17H24O4. The van der Waals surface area contributed by atoms with Crippen molar-refractivity contribution in [1.82, 2.24) is 0 Å². The highest BCUT2D eigenvalue weighted by molar-refractivity contribution is 6.03. The van der Waals surface area contributed by atoms with Gasteiger partial charge in [0.15, 0.2) is 0 Å². The van der Waals surface area contributed by atoms with E-state index < -0.39 is 11.9 Å². The van der Waals surface area contributed by atoms with E-state index in [1.165, 1.54) is 0 Å². The molecule has 1 rings (SSSR count). The van der Waals surface area contributed by atoms with Crippen molar-refractivity contribution in [1.29, 1.82) is 0 Å². The summed E-state index contributed by atoms with van der Waals surface area (Å²) in [6.45, 7) is 12.0. The summed E-state index contributed by atoms with van der Waals surface area (Å²) >= 11 is 0. The van der Waals surface area contributed by atoms with Gasteiger partial charge in [0.2, 0.25) is 0 Å². The van der Waals surface area contributed by atoms with Crippen molar-refractivity contribution in [2.45, 2.75) is 41.5 Å². The van der Waals surface area contributed by atoms with Gasteiger partial charge in [-0.15, -0.1) is 0 Å². The zero-order valence-corrected chi connectivity index (χ0v) is 13.7. The summed E-state index contributed by atoms with van der Waals surface area (Å²) in [6.07, 6.45) is 0. The molecule has 0 saturated heterocycles. The maximum Gasteiger partial charge on any atom is 0.339 e. The van der Waals surface area contributed by atoms with Crippen molar-refractivity contribution in [3.05, 3.63) is 34.4 Å². The van der Waals surface area contributed by atoms with Crippen LogP contribution < -0.4 is 0 Å². The number of carbonyl (C=O) groups is 2. The van der Waals surface area contributed by atoms with Crippen LogP contribution in [-0.4, -0.2) is 25.2 Å². The minimum Gasteiger partial charge on any atom is -0.462 e. The summed E-state index contributed by atoms with van der Waals surface area (Å²) in [5.74, 6) is -0.987. The smallest absolute Gasteiger partial charge is 0.339 e. The largest absolute Gasteiger partial charge is 0.462 e. The Morgan fingerprint density at radius 3 is 1.76 bits per heavy atom. The highest BCUT2D eigenvalue weighted by Gasteiger charge is 2.22. The molecule has 4 nitrogen and oxygen atoms in total. The number of benzene rings is 1. The Morgan fingerprint density at radius 1 is 0.952 bits per heavy atom. The van der Waals surface area contributed by atoms with Crippen molar-refractivity contribution in [3.63, 3.8) is 0 Å². The molecular weight excluding hydrogens is 268 g/mol. The molecule has 0 aliphatic carbocycles. The first-order valence-electron chi connectivity index (χ1n) is 7.11. The van der Waals surface area contributed by atoms with E-state index in [-0.39, 0.29) is 23.1 Å². The summed E-state index contributed by atoms with van der Waals surface area (Å²) in [5, 5.41) is 0. The SMILES string of the molecule is CCOC(=O)c1cc(C)c(C)cc1C(=O)OCC(C)(C)C. The highest BCUT2D eigenvalue weighted by Crippen LogP contribution is 2.20. The zero-order valence-electron chi connectivity index (χ0n) is 13.7. The molecule has 0 aliphatic rings. The quantitative estimate of drug-likeness (QED) is 0.794. The van der Waals surface area contributed by atoms with Crippen LogP contribution in [0.3, 0.4) is 0 Å². The van der Waals surface area contributed by atoms with Crippen LogP contribution in [0.4, 0.5) is 0 Å². The predicted octanol–water partition coefficient (Wildman–Crippen LogP) is 3.68. The van der Waals surface area contributed by atoms with Gasteiger partial charge in [0.05, 0.1) is 24.3 Å². The first-order chi connectivity index (χ1) is 9.65. The fraction of sp³-hybridized carbons (Fsp3) is 0.529. The van der Waals surface area contributed by atoms with Gasteiger partial charge in [0, 0.05) is 0 Å². The maximum atomic E-state index is 12.3. The average molecular weight is 292 g/mol. The second kappa shape index (κ2) is 6.74. The molecule has 1 aromatic carbocycles. The number of hydrogen-bond acceptors (Lipinski definition) is 4. The molecule has 0 bridgehead atoms. The van der Waals surface area contributed by atoms with E-state index >= 15 is 0 Å². The molecule has 0 atom stereocenters. The summed E-state index contributed by atoms with van der Waals surface area (Å²) in [4.78, 5) is 24.3. The third-order valence-corrected chi connectivity index (χ3v) is 2.99. The second-order valence-corrected chi connectivity index (χ2v) is 6.34. The van der Waals surface area contributed by atoms with Crippen LogP contribution in [0, 0.1) is 19.3 Å². The number of carbonyl (C=O) groups excluding carboxylic acids is 2. The van der Waals surface area contributed by atoms with Crippen molar-refractivity contribution in [2.24, 2.45) is 5.41 Å². The van der Waals surface area contributed by atoms with E-state index in [1.54, 1.807) is 19.1 Å². The Kier molecular flexibility index (Phi) is 5.53.